The van der Waals surface area contributed by atoms with Gasteiger partial charge in [-0.3, -0.25) is 9.98 Å². The third-order valence-electron chi connectivity index (χ3n) is 1.43. The number of aliphatic imine (C=N–C) groups is 2. The summed E-state index contributed by atoms with van der Waals surface area (Å²) in [7, 11) is 0. The van der Waals surface area contributed by atoms with Gasteiger partial charge in [0.15, 0.2) is 11.9 Å². The minimum Gasteiger partial charge on any atom is -0.377 e. The Kier molecular flexibility index (Phi) is 19.8. The Hall–Kier alpha value is -0.960. The number of nitrogens with zero attached hydrogens (tertiary/aromatic N) is 2. The van der Waals surface area contributed by atoms with E-state index in [-0.39, 0.29) is 36.7 Å². The van der Waals surface area contributed by atoms with E-state index in [1.54, 1.807) is 0 Å². The molecule has 18 heavy (non-hydrogen) atoms. The molecule has 0 aliphatic carbocycles. The second-order valence-electron chi connectivity index (χ2n) is 2.84. The first-order chi connectivity index (χ1) is 7.63. The fourth-order valence-electron chi connectivity index (χ4n) is 0.801. The van der Waals surface area contributed by atoms with Crippen molar-refractivity contribution in [1.29, 1.82) is 0 Å². The second kappa shape index (κ2) is 16.0. The molecule has 110 valence electrons. The highest BCUT2D eigenvalue weighted by atomic mass is 35.5. The molecular weight excluding hydrogens is 283 g/mol. The van der Waals surface area contributed by atoms with E-state index in [0.29, 0.717) is 39.5 Å². The van der Waals surface area contributed by atoms with E-state index in [2.05, 4.69) is 9.98 Å². The SMILES string of the molecule is Cl.Cl.NC(N)=NCCOCCOCCN=C(N)N. The minimum absolute atomic E-state index is 0. The van der Waals surface area contributed by atoms with E-state index in [1.807, 2.05) is 0 Å². The van der Waals surface area contributed by atoms with Crippen molar-refractivity contribution in [2.24, 2.45) is 32.9 Å². The Morgan fingerprint density at radius 1 is 0.667 bits per heavy atom. The largest absolute Gasteiger partial charge is 0.377 e. The maximum absolute atomic E-state index is 5.18. The van der Waals surface area contributed by atoms with Crippen molar-refractivity contribution >= 4 is 36.7 Å². The van der Waals surface area contributed by atoms with Crippen molar-refractivity contribution in [3.8, 4) is 0 Å². The van der Waals surface area contributed by atoms with Crippen LogP contribution in [-0.4, -0.2) is 51.4 Å². The molecule has 0 aromatic rings. The van der Waals surface area contributed by atoms with Crippen LogP contribution in [-0.2, 0) is 9.47 Å². The normalized spacial score (nSPS) is 8.67. The summed E-state index contributed by atoms with van der Waals surface area (Å²) in [6.07, 6.45) is 0. The van der Waals surface area contributed by atoms with Gasteiger partial charge in [0.1, 0.15) is 0 Å². The van der Waals surface area contributed by atoms with Crippen molar-refractivity contribution in [3.05, 3.63) is 0 Å². The van der Waals surface area contributed by atoms with E-state index >= 15 is 0 Å². The smallest absolute Gasteiger partial charge is 0.185 e. The highest BCUT2D eigenvalue weighted by Crippen LogP contribution is 1.80. The molecule has 0 bridgehead atoms. The molecule has 10 heteroatoms. The standard InChI is InChI=1S/C8H20N6O2.2ClH/c9-7(10)13-1-3-15-5-6-16-4-2-14-8(11)12;;/h1-6H2,(H4,9,10,13)(H4,11,12,14);2*1H. The molecule has 0 radical (unpaired) electrons. The van der Waals surface area contributed by atoms with Gasteiger partial charge in [-0.1, -0.05) is 0 Å². The molecule has 0 saturated heterocycles. The number of hydrogen-bond acceptors (Lipinski definition) is 4. The predicted molar refractivity (Wildman–Crippen MR) is 77.5 cm³/mol. The van der Waals surface area contributed by atoms with E-state index in [1.165, 1.54) is 0 Å². The number of guanidine groups is 2. The maximum Gasteiger partial charge on any atom is 0.185 e. The zero-order valence-corrected chi connectivity index (χ0v) is 11.7. The van der Waals surface area contributed by atoms with Gasteiger partial charge in [0, 0.05) is 0 Å². The number of hydrogen-bond donors (Lipinski definition) is 4. The Labute approximate surface area is 119 Å². The zero-order chi connectivity index (χ0) is 12.2. The lowest BCUT2D eigenvalue weighted by Crippen LogP contribution is -2.24. The van der Waals surface area contributed by atoms with Crippen LogP contribution < -0.4 is 22.9 Å². The van der Waals surface area contributed by atoms with Gasteiger partial charge in [0.05, 0.1) is 39.5 Å². The molecule has 8 nitrogen and oxygen atoms in total. The first kappa shape index (κ1) is 22.2. The van der Waals surface area contributed by atoms with Crippen LogP contribution in [0.2, 0.25) is 0 Å². The average molecular weight is 305 g/mol. The summed E-state index contributed by atoms with van der Waals surface area (Å²) in [5.41, 5.74) is 20.5. The molecule has 0 aliphatic heterocycles. The third kappa shape index (κ3) is 20.5. The summed E-state index contributed by atoms with van der Waals surface area (Å²) < 4.78 is 10.4. The van der Waals surface area contributed by atoms with Crippen LogP contribution in [0, 0.1) is 0 Å². The fraction of sp³-hybridized carbons (Fsp3) is 0.750. The first-order valence-corrected chi connectivity index (χ1v) is 4.89. The van der Waals surface area contributed by atoms with Crippen LogP contribution in [0.5, 0.6) is 0 Å². The van der Waals surface area contributed by atoms with Gasteiger partial charge >= 0.3 is 0 Å². The zero-order valence-electron chi connectivity index (χ0n) is 10.1. The van der Waals surface area contributed by atoms with Crippen molar-refractivity contribution in [3.63, 3.8) is 0 Å². The molecule has 0 atom stereocenters. The summed E-state index contributed by atoms with van der Waals surface area (Å²) >= 11 is 0. The van der Waals surface area contributed by atoms with E-state index in [4.69, 9.17) is 32.4 Å². The summed E-state index contributed by atoms with van der Waals surface area (Å²) in [4.78, 5) is 7.50. The maximum atomic E-state index is 5.18. The van der Waals surface area contributed by atoms with Gasteiger partial charge in [-0.25, -0.2) is 0 Å². The van der Waals surface area contributed by atoms with Crippen molar-refractivity contribution in [1.82, 2.24) is 0 Å². The molecule has 0 rings (SSSR count). The second-order valence-corrected chi connectivity index (χ2v) is 2.84. The van der Waals surface area contributed by atoms with Crippen LogP contribution in [0.25, 0.3) is 0 Å². The molecular formula is C8H22Cl2N6O2. The van der Waals surface area contributed by atoms with Crippen molar-refractivity contribution in [2.45, 2.75) is 0 Å². The van der Waals surface area contributed by atoms with Crippen LogP contribution in [0.1, 0.15) is 0 Å². The molecule has 8 N–H and O–H groups in total. The molecule has 0 heterocycles. The van der Waals surface area contributed by atoms with Gasteiger partial charge in [-0.2, -0.15) is 0 Å². The van der Waals surface area contributed by atoms with Crippen molar-refractivity contribution in [2.75, 3.05) is 39.5 Å². The summed E-state index contributed by atoms with van der Waals surface area (Å²) in [6.45, 7) is 2.82. The van der Waals surface area contributed by atoms with E-state index in [9.17, 15) is 0 Å². The fourth-order valence-corrected chi connectivity index (χ4v) is 0.801. The van der Waals surface area contributed by atoms with Crippen LogP contribution in [0.15, 0.2) is 9.98 Å². The van der Waals surface area contributed by atoms with Crippen LogP contribution in [0.4, 0.5) is 0 Å². The topological polar surface area (TPSA) is 147 Å². The highest BCUT2D eigenvalue weighted by Gasteiger charge is 1.90. The third-order valence-corrected chi connectivity index (χ3v) is 1.43. The monoisotopic (exact) mass is 304 g/mol. The number of nitrogens with two attached hydrogens (primary N) is 4. The molecule has 0 aromatic carbocycles. The molecule has 0 fully saturated rings. The number of rotatable bonds is 9. The molecule has 0 aliphatic rings. The van der Waals surface area contributed by atoms with Crippen LogP contribution in [0.3, 0.4) is 0 Å². The van der Waals surface area contributed by atoms with E-state index < -0.39 is 0 Å². The lowest BCUT2D eigenvalue weighted by Gasteiger charge is -2.03. The Balaban J connectivity index is -0.00000112. The summed E-state index contributed by atoms with van der Waals surface area (Å²) in [5, 5.41) is 0. The van der Waals surface area contributed by atoms with E-state index in [0.717, 1.165) is 0 Å². The number of halogens is 2. The molecule has 0 unspecified atom stereocenters. The average Bonchev–Trinajstić information content (AvgIpc) is 2.20. The molecule has 0 saturated carbocycles. The highest BCUT2D eigenvalue weighted by molar-refractivity contribution is 5.85. The molecule has 0 spiro atoms. The Bertz CT molecular complexity index is 208. The summed E-state index contributed by atoms with van der Waals surface area (Å²) in [6, 6.07) is 0. The quantitative estimate of drug-likeness (QED) is 0.229. The van der Waals surface area contributed by atoms with Gasteiger partial charge in [0.2, 0.25) is 0 Å². The minimum atomic E-state index is 0. The molecule has 0 aromatic heterocycles. The van der Waals surface area contributed by atoms with Gasteiger partial charge < -0.3 is 32.4 Å². The molecule has 0 amide bonds. The number of ether oxygens (including phenoxy) is 2. The lowest BCUT2D eigenvalue weighted by atomic mass is 10.6. The van der Waals surface area contributed by atoms with Crippen LogP contribution >= 0.6 is 24.8 Å². The first-order valence-electron chi connectivity index (χ1n) is 4.89. The lowest BCUT2D eigenvalue weighted by molar-refractivity contribution is 0.0541. The van der Waals surface area contributed by atoms with Crippen molar-refractivity contribution < 1.29 is 9.47 Å². The van der Waals surface area contributed by atoms with Gasteiger partial charge in [-0.05, 0) is 0 Å². The predicted octanol–water partition coefficient (Wildman–Crippen LogP) is -1.59. The van der Waals surface area contributed by atoms with Gasteiger partial charge in [-0.15, -0.1) is 24.8 Å². The van der Waals surface area contributed by atoms with Gasteiger partial charge in [0.25, 0.3) is 0 Å². The Morgan fingerprint density at radius 3 is 1.28 bits per heavy atom. The summed E-state index contributed by atoms with van der Waals surface area (Å²) in [5.74, 6) is 0.133. The Morgan fingerprint density at radius 2 is 1.00 bits per heavy atom.